The topological polar surface area (TPSA) is 41.6 Å². The molecule has 1 aliphatic heterocycles. The van der Waals surface area contributed by atoms with Gasteiger partial charge in [-0.15, -0.1) is 0 Å². The summed E-state index contributed by atoms with van der Waals surface area (Å²) in [5.41, 5.74) is 0. The van der Waals surface area contributed by atoms with E-state index in [1.807, 2.05) is 11.8 Å². The number of amides is 1. The maximum atomic E-state index is 12.3. The van der Waals surface area contributed by atoms with Gasteiger partial charge in [0.25, 0.3) is 0 Å². The second kappa shape index (κ2) is 6.36. The number of nitrogens with zero attached hydrogens (tertiary/aromatic N) is 1. The van der Waals surface area contributed by atoms with Gasteiger partial charge in [-0.1, -0.05) is 27.2 Å². The van der Waals surface area contributed by atoms with Gasteiger partial charge in [-0.2, -0.15) is 0 Å². The Morgan fingerprint density at radius 2 is 2.06 bits per heavy atom. The van der Waals surface area contributed by atoms with E-state index in [0.29, 0.717) is 12.5 Å². The molecule has 0 aromatic heterocycles. The lowest BCUT2D eigenvalue weighted by Crippen LogP contribution is -2.41. The Morgan fingerprint density at radius 3 is 2.53 bits per heavy atom. The molecule has 1 rings (SSSR count). The highest BCUT2D eigenvalue weighted by atomic mass is 16.5. The molecular weight excluding hydrogens is 216 g/mol. The van der Waals surface area contributed by atoms with Crippen LogP contribution >= 0.6 is 0 Å². The van der Waals surface area contributed by atoms with Crippen LogP contribution < -0.4 is 5.32 Å². The fourth-order valence-electron chi connectivity index (χ4n) is 2.25. The molecule has 100 valence electrons. The molecule has 1 fully saturated rings. The van der Waals surface area contributed by atoms with Crippen molar-refractivity contribution in [2.75, 3.05) is 13.7 Å². The first-order chi connectivity index (χ1) is 8.04. The normalized spacial score (nSPS) is 28.5. The lowest BCUT2D eigenvalue weighted by atomic mass is 9.99. The smallest absolute Gasteiger partial charge is 0.241 e. The first-order valence-electron chi connectivity index (χ1n) is 6.64. The van der Waals surface area contributed by atoms with Crippen LogP contribution in [0, 0.1) is 5.92 Å². The van der Waals surface area contributed by atoms with Gasteiger partial charge in [0.05, 0.1) is 18.3 Å². The largest absolute Gasteiger partial charge is 0.380 e. The summed E-state index contributed by atoms with van der Waals surface area (Å²) in [5.74, 6) is 0.620. The average molecular weight is 242 g/mol. The summed E-state index contributed by atoms with van der Waals surface area (Å²) < 4.78 is 5.25. The van der Waals surface area contributed by atoms with E-state index in [1.54, 1.807) is 7.11 Å². The fourth-order valence-corrected chi connectivity index (χ4v) is 2.25. The molecule has 0 bridgehead atoms. The summed E-state index contributed by atoms with van der Waals surface area (Å²) in [4.78, 5) is 14.3. The zero-order chi connectivity index (χ0) is 13.0. The van der Waals surface area contributed by atoms with E-state index in [9.17, 15) is 4.79 Å². The van der Waals surface area contributed by atoms with Crippen molar-refractivity contribution in [3.63, 3.8) is 0 Å². The van der Waals surface area contributed by atoms with E-state index in [-0.39, 0.29) is 24.2 Å². The second-order valence-corrected chi connectivity index (χ2v) is 4.99. The lowest BCUT2D eigenvalue weighted by molar-refractivity contribution is -0.132. The monoisotopic (exact) mass is 242 g/mol. The third-order valence-corrected chi connectivity index (χ3v) is 3.75. The minimum Gasteiger partial charge on any atom is -0.380 e. The molecule has 4 heteroatoms. The van der Waals surface area contributed by atoms with E-state index in [2.05, 4.69) is 26.1 Å². The summed E-state index contributed by atoms with van der Waals surface area (Å²) in [7, 11) is 1.69. The molecule has 0 saturated carbocycles. The number of hydrogen-bond donors (Lipinski definition) is 1. The minimum absolute atomic E-state index is 0.0194. The maximum Gasteiger partial charge on any atom is 0.241 e. The van der Waals surface area contributed by atoms with Crippen LogP contribution in [-0.2, 0) is 9.53 Å². The first-order valence-corrected chi connectivity index (χ1v) is 6.64. The Hall–Kier alpha value is -0.610. The van der Waals surface area contributed by atoms with Gasteiger partial charge in [0, 0.05) is 13.7 Å². The number of rotatable bonds is 6. The van der Waals surface area contributed by atoms with Crippen LogP contribution in [0.5, 0.6) is 0 Å². The highest BCUT2D eigenvalue weighted by Gasteiger charge is 2.40. The highest BCUT2D eigenvalue weighted by molar-refractivity contribution is 5.84. The molecule has 1 saturated heterocycles. The Morgan fingerprint density at radius 1 is 1.41 bits per heavy atom. The summed E-state index contributed by atoms with van der Waals surface area (Å²) in [6, 6.07) is -0.0194. The Balaban J connectivity index is 2.71. The van der Waals surface area contributed by atoms with Crippen molar-refractivity contribution in [1.29, 1.82) is 0 Å². The number of methoxy groups -OCH3 is 1. The van der Waals surface area contributed by atoms with E-state index in [4.69, 9.17) is 4.74 Å². The van der Waals surface area contributed by atoms with Crippen molar-refractivity contribution < 1.29 is 9.53 Å². The van der Waals surface area contributed by atoms with Crippen molar-refractivity contribution in [3.05, 3.63) is 0 Å². The van der Waals surface area contributed by atoms with Crippen LogP contribution in [0.3, 0.4) is 0 Å². The molecule has 4 unspecified atom stereocenters. The van der Waals surface area contributed by atoms with Crippen molar-refractivity contribution >= 4 is 5.91 Å². The molecule has 1 amide bonds. The molecule has 4 atom stereocenters. The van der Waals surface area contributed by atoms with E-state index in [1.165, 1.54) is 0 Å². The Labute approximate surface area is 105 Å². The molecule has 17 heavy (non-hydrogen) atoms. The predicted octanol–water partition coefficient (Wildman–Crippen LogP) is 1.60. The zero-order valence-corrected chi connectivity index (χ0v) is 11.7. The third kappa shape index (κ3) is 3.19. The molecule has 0 spiro atoms. The van der Waals surface area contributed by atoms with Gasteiger partial charge in [0.2, 0.25) is 5.91 Å². The number of hydrogen-bond acceptors (Lipinski definition) is 3. The van der Waals surface area contributed by atoms with Crippen LogP contribution in [0.1, 0.15) is 40.5 Å². The molecule has 1 heterocycles. The van der Waals surface area contributed by atoms with Crippen molar-refractivity contribution in [1.82, 2.24) is 10.2 Å². The minimum atomic E-state index is -0.0194. The lowest BCUT2D eigenvalue weighted by Gasteiger charge is -2.25. The Kier molecular flexibility index (Phi) is 5.40. The van der Waals surface area contributed by atoms with Gasteiger partial charge in [-0.05, 0) is 19.3 Å². The quantitative estimate of drug-likeness (QED) is 0.769. The number of carbonyl (C=O) groups is 1. The molecule has 4 nitrogen and oxygen atoms in total. The molecule has 1 aliphatic rings. The maximum absolute atomic E-state index is 12.3. The van der Waals surface area contributed by atoms with Gasteiger partial charge >= 0.3 is 0 Å². The molecule has 0 radical (unpaired) electrons. The number of carbonyl (C=O) groups excluding carboxylic acids is 1. The summed E-state index contributed by atoms with van der Waals surface area (Å²) in [6.07, 6.45) is 2.22. The molecular formula is C13H26N2O2. The number of ether oxygens (including phenoxy) is 1. The fraction of sp³-hybridized carbons (Fsp3) is 0.923. The van der Waals surface area contributed by atoms with Crippen LogP contribution in [0.4, 0.5) is 0 Å². The van der Waals surface area contributed by atoms with Crippen molar-refractivity contribution in [2.45, 2.75) is 58.8 Å². The standard InChI is InChI=1S/C13H26N2O2/c1-6-9(3)12-13(16)15(8-10(4)17-5)11(7-2)14-12/h9-12,14H,6-8H2,1-5H3. The van der Waals surface area contributed by atoms with Gasteiger partial charge < -0.3 is 9.64 Å². The van der Waals surface area contributed by atoms with Crippen LogP contribution in [0.2, 0.25) is 0 Å². The van der Waals surface area contributed by atoms with Crippen molar-refractivity contribution in [3.8, 4) is 0 Å². The molecule has 1 N–H and O–H groups in total. The van der Waals surface area contributed by atoms with Gasteiger partial charge in [-0.25, -0.2) is 0 Å². The van der Waals surface area contributed by atoms with Gasteiger partial charge in [0.1, 0.15) is 0 Å². The number of nitrogens with one attached hydrogen (secondary N) is 1. The highest BCUT2D eigenvalue weighted by Crippen LogP contribution is 2.21. The van der Waals surface area contributed by atoms with E-state index >= 15 is 0 Å². The van der Waals surface area contributed by atoms with Crippen LogP contribution in [0.25, 0.3) is 0 Å². The summed E-state index contributed by atoms with van der Waals surface area (Å²) in [6.45, 7) is 9.03. The van der Waals surface area contributed by atoms with Crippen LogP contribution in [0.15, 0.2) is 0 Å². The van der Waals surface area contributed by atoms with Crippen LogP contribution in [-0.4, -0.2) is 42.8 Å². The first kappa shape index (κ1) is 14.5. The Bertz CT molecular complexity index is 258. The van der Waals surface area contributed by atoms with E-state index in [0.717, 1.165) is 12.8 Å². The molecule has 0 aliphatic carbocycles. The molecule has 0 aromatic rings. The summed E-state index contributed by atoms with van der Waals surface area (Å²) in [5, 5.41) is 3.44. The van der Waals surface area contributed by atoms with Crippen molar-refractivity contribution in [2.24, 2.45) is 5.92 Å². The average Bonchev–Trinajstić information content (AvgIpc) is 2.65. The molecule has 0 aromatic carbocycles. The second-order valence-electron chi connectivity index (χ2n) is 4.99. The zero-order valence-electron chi connectivity index (χ0n) is 11.7. The predicted molar refractivity (Wildman–Crippen MR) is 68.6 cm³/mol. The van der Waals surface area contributed by atoms with Gasteiger partial charge in [0.15, 0.2) is 0 Å². The third-order valence-electron chi connectivity index (χ3n) is 3.75. The SMILES string of the molecule is CCC(C)C1NC(CC)N(CC(C)OC)C1=O. The van der Waals surface area contributed by atoms with E-state index < -0.39 is 0 Å². The van der Waals surface area contributed by atoms with Gasteiger partial charge in [-0.3, -0.25) is 10.1 Å². The summed E-state index contributed by atoms with van der Waals surface area (Å²) >= 11 is 0.